The maximum absolute atomic E-state index is 13.2. The van der Waals surface area contributed by atoms with Crippen LogP contribution in [0, 0.1) is 0 Å². The van der Waals surface area contributed by atoms with E-state index in [9.17, 15) is 9.90 Å². The third kappa shape index (κ3) is 5.83. The molecule has 0 aromatic heterocycles. The largest absolute Gasteiger partial charge is 0.502 e. The van der Waals surface area contributed by atoms with Gasteiger partial charge in [0.2, 0.25) is 5.75 Å². The Hall–Kier alpha value is -2.97. The predicted octanol–water partition coefficient (Wildman–Crippen LogP) is 4.53. The molecule has 32 heavy (non-hydrogen) atoms. The maximum atomic E-state index is 13.2. The number of phenolic OH excluding ortho intramolecular Hbond substituents is 1. The van der Waals surface area contributed by atoms with Crippen molar-refractivity contribution in [2.24, 2.45) is 10.7 Å². The molecule has 0 radical (unpaired) electrons. The van der Waals surface area contributed by atoms with Crippen molar-refractivity contribution >= 4 is 34.6 Å². The summed E-state index contributed by atoms with van der Waals surface area (Å²) >= 11 is 1.34. The van der Waals surface area contributed by atoms with Gasteiger partial charge < -0.3 is 20.3 Å². The van der Waals surface area contributed by atoms with Crippen LogP contribution in [-0.4, -0.2) is 48.4 Å². The molecule has 0 spiro atoms. The molecule has 0 atom stereocenters. The van der Waals surface area contributed by atoms with Crippen LogP contribution >= 0.6 is 11.8 Å². The van der Waals surface area contributed by atoms with Gasteiger partial charge in [0.25, 0.3) is 5.91 Å². The van der Waals surface area contributed by atoms with Crippen LogP contribution in [0.1, 0.15) is 31.2 Å². The Balaban J connectivity index is 1.89. The molecule has 1 fully saturated rings. The van der Waals surface area contributed by atoms with Crippen molar-refractivity contribution in [2.45, 2.75) is 25.7 Å². The smallest absolute Gasteiger partial charge is 0.266 e. The van der Waals surface area contributed by atoms with Gasteiger partial charge in [-0.25, -0.2) is 4.99 Å². The van der Waals surface area contributed by atoms with E-state index in [1.165, 1.54) is 26.0 Å². The molecule has 7 nitrogen and oxygen atoms in total. The number of phenols is 1. The Morgan fingerprint density at radius 2 is 1.72 bits per heavy atom. The zero-order valence-electron chi connectivity index (χ0n) is 18.4. The lowest BCUT2D eigenvalue weighted by molar-refractivity contribution is -0.122. The summed E-state index contributed by atoms with van der Waals surface area (Å²) in [6.45, 7) is 1.29. The molecular weight excluding hydrogens is 426 g/mol. The van der Waals surface area contributed by atoms with Crippen LogP contribution in [0.2, 0.25) is 0 Å². The second-order valence-electron chi connectivity index (χ2n) is 7.27. The van der Waals surface area contributed by atoms with Crippen LogP contribution in [0.4, 0.5) is 5.69 Å². The Bertz CT molecular complexity index is 967. The number of hydrogen-bond acceptors (Lipinski definition) is 7. The van der Waals surface area contributed by atoms with E-state index < -0.39 is 0 Å². The van der Waals surface area contributed by atoms with Crippen molar-refractivity contribution in [2.75, 3.05) is 27.3 Å². The van der Waals surface area contributed by atoms with Gasteiger partial charge in [0.15, 0.2) is 16.7 Å². The number of ether oxygens (including phenoxy) is 2. The molecule has 2 aromatic carbocycles. The molecule has 3 rings (SSSR count). The van der Waals surface area contributed by atoms with Crippen LogP contribution in [-0.2, 0) is 4.79 Å². The number of hydrogen-bond donors (Lipinski definition) is 2. The third-order valence-corrected chi connectivity index (χ3v) is 6.01. The molecule has 1 aliphatic heterocycles. The van der Waals surface area contributed by atoms with Crippen molar-refractivity contribution in [3.63, 3.8) is 0 Å². The first-order valence-electron chi connectivity index (χ1n) is 10.6. The van der Waals surface area contributed by atoms with Crippen molar-refractivity contribution < 1.29 is 19.4 Å². The molecule has 1 saturated heterocycles. The second-order valence-corrected chi connectivity index (χ2v) is 8.28. The van der Waals surface area contributed by atoms with Crippen molar-refractivity contribution in [3.05, 3.63) is 52.9 Å². The van der Waals surface area contributed by atoms with Crippen molar-refractivity contribution in [3.8, 4) is 17.2 Å². The number of nitrogens with zero attached hydrogens (tertiary/aromatic N) is 2. The molecule has 0 aliphatic carbocycles. The van der Waals surface area contributed by atoms with E-state index in [2.05, 4.69) is 0 Å². The SMILES string of the molecule is COc1cc(/C=C2/SC(=Nc3ccccc3)N(CCCCCCN)C2=O)cc(OC)c1O. The second kappa shape index (κ2) is 11.6. The zero-order chi connectivity index (χ0) is 22.9. The number of benzene rings is 2. The zero-order valence-corrected chi connectivity index (χ0v) is 19.2. The number of unbranched alkanes of at least 4 members (excludes halogenated alkanes) is 3. The number of methoxy groups -OCH3 is 2. The van der Waals surface area contributed by atoms with E-state index in [1.807, 2.05) is 30.3 Å². The minimum absolute atomic E-state index is 0.0759. The number of rotatable bonds is 10. The monoisotopic (exact) mass is 455 g/mol. The van der Waals surface area contributed by atoms with Crippen LogP contribution in [0.3, 0.4) is 0 Å². The lowest BCUT2D eigenvalue weighted by Crippen LogP contribution is -2.30. The lowest BCUT2D eigenvalue weighted by Gasteiger charge is -2.15. The van der Waals surface area contributed by atoms with Gasteiger partial charge in [-0.3, -0.25) is 9.69 Å². The topological polar surface area (TPSA) is 97.4 Å². The number of carbonyl (C=O) groups is 1. The number of aliphatic imine (C=N–C) groups is 1. The molecular formula is C24H29N3O4S. The lowest BCUT2D eigenvalue weighted by atomic mass is 10.1. The molecule has 2 aromatic rings. The fraction of sp³-hybridized carbons (Fsp3) is 0.333. The van der Waals surface area contributed by atoms with Crippen molar-refractivity contribution in [1.82, 2.24) is 4.90 Å². The van der Waals surface area contributed by atoms with Gasteiger partial charge in [-0.15, -0.1) is 0 Å². The molecule has 170 valence electrons. The fourth-order valence-electron chi connectivity index (χ4n) is 3.32. The average molecular weight is 456 g/mol. The minimum Gasteiger partial charge on any atom is -0.502 e. The molecule has 0 unspecified atom stereocenters. The van der Waals surface area contributed by atoms with Gasteiger partial charge >= 0.3 is 0 Å². The van der Waals surface area contributed by atoms with Crippen LogP contribution in [0.25, 0.3) is 6.08 Å². The summed E-state index contributed by atoms with van der Waals surface area (Å²) in [4.78, 5) is 20.2. The van der Waals surface area contributed by atoms with E-state index in [1.54, 1.807) is 23.1 Å². The minimum atomic E-state index is -0.0884. The summed E-state index contributed by atoms with van der Waals surface area (Å²) in [5, 5.41) is 10.8. The third-order valence-electron chi connectivity index (χ3n) is 5.00. The summed E-state index contributed by atoms with van der Waals surface area (Å²) in [6, 6.07) is 12.9. The molecule has 1 amide bonds. The number of nitrogens with two attached hydrogens (primary N) is 1. The number of para-hydroxylation sites is 1. The average Bonchev–Trinajstić information content (AvgIpc) is 3.09. The quantitative estimate of drug-likeness (QED) is 0.403. The first kappa shape index (κ1) is 23.7. The van der Waals surface area contributed by atoms with Gasteiger partial charge in [-0.05, 0) is 67.1 Å². The Labute approximate surface area is 192 Å². The van der Waals surface area contributed by atoms with Crippen LogP contribution < -0.4 is 15.2 Å². The Morgan fingerprint density at radius 1 is 1.06 bits per heavy atom. The van der Waals surface area contributed by atoms with E-state index in [4.69, 9.17) is 20.2 Å². The molecule has 1 heterocycles. The van der Waals surface area contributed by atoms with Gasteiger partial charge in [0.05, 0.1) is 24.8 Å². The maximum Gasteiger partial charge on any atom is 0.266 e. The molecule has 0 saturated carbocycles. The van der Waals surface area contributed by atoms with Crippen LogP contribution in [0.5, 0.6) is 17.2 Å². The Kier molecular flexibility index (Phi) is 8.58. The normalized spacial score (nSPS) is 16.2. The number of thioether (sulfide) groups is 1. The summed E-state index contributed by atoms with van der Waals surface area (Å²) in [5.74, 6) is 0.394. The summed E-state index contributed by atoms with van der Waals surface area (Å²) in [6.07, 6.45) is 5.70. The first-order valence-corrected chi connectivity index (χ1v) is 11.4. The van der Waals surface area contributed by atoms with E-state index >= 15 is 0 Å². The predicted molar refractivity (Wildman–Crippen MR) is 130 cm³/mol. The Morgan fingerprint density at radius 3 is 2.34 bits per heavy atom. The molecule has 8 heteroatoms. The van der Waals surface area contributed by atoms with Gasteiger partial charge in [0, 0.05) is 6.54 Å². The van der Waals surface area contributed by atoms with E-state index in [0.29, 0.717) is 28.7 Å². The number of carbonyl (C=O) groups excluding carboxylic acids is 1. The summed E-state index contributed by atoms with van der Waals surface area (Å²) in [7, 11) is 2.94. The van der Waals surface area contributed by atoms with Gasteiger partial charge in [0.1, 0.15) is 0 Å². The molecule has 1 aliphatic rings. The molecule has 3 N–H and O–H groups in total. The number of aromatic hydroxyl groups is 1. The van der Waals surface area contributed by atoms with Gasteiger partial charge in [-0.1, -0.05) is 31.0 Å². The van der Waals surface area contributed by atoms with Crippen LogP contribution in [0.15, 0.2) is 52.4 Å². The first-order chi connectivity index (χ1) is 15.6. The number of amidine groups is 1. The highest BCUT2D eigenvalue weighted by Gasteiger charge is 2.33. The fourth-order valence-corrected chi connectivity index (χ4v) is 4.34. The summed E-state index contributed by atoms with van der Waals surface area (Å²) in [5.41, 5.74) is 7.06. The van der Waals surface area contributed by atoms with Crippen molar-refractivity contribution in [1.29, 1.82) is 0 Å². The van der Waals surface area contributed by atoms with E-state index in [-0.39, 0.29) is 23.2 Å². The van der Waals surface area contributed by atoms with Gasteiger partial charge in [-0.2, -0.15) is 0 Å². The highest BCUT2D eigenvalue weighted by Crippen LogP contribution is 2.40. The standard InChI is InChI=1S/C24H29N3O4S/c1-30-19-14-17(15-20(31-2)22(19)28)16-21-23(29)27(13-9-4-3-8-12-25)24(32-21)26-18-10-6-5-7-11-18/h5-7,10-11,14-16,28H,3-4,8-9,12-13,25H2,1-2H3/b21-16+,26-24?. The number of amides is 1. The summed E-state index contributed by atoms with van der Waals surface area (Å²) < 4.78 is 10.5. The molecule has 0 bridgehead atoms. The van der Waals surface area contributed by atoms with E-state index in [0.717, 1.165) is 31.4 Å². The highest BCUT2D eigenvalue weighted by molar-refractivity contribution is 8.18. The highest BCUT2D eigenvalue weighted by atomic mass is 32.2.